The first kappa shape index (κ1) is 15.5. The minimum atomic E-state index is 0.204. The summed E-state index contributed by atoms with van der Waals surface area (Å²) in [5.41, 5.74) is 13.4. The van der Waals surface area contributed by atoms with Gasteiger partial charge in [0.05, 0.1) is 0 Å². The van der Waals surface area contributed by atoms with Crippen molar-refractivity contribution < 1.29 is 0 Å². The van der Waals surface area contributed by atoms with E-state index in [1.54, 1.807) is 29.7 Å². The highest BCUT2D eigenvalue weighted by Crippen LogP contribution is 2.36. The second kappa shape index (κ2) is 6.69. The lowest BCUT2D eigenvalue weighted by Gasteiger charge is -2.11. The fraction of sp³-hybridized carbons (Fsp3) is 0.231. The molecule has 20 heavy (non-hydrogen) atoms. The van der Waals surface area contributed by atoms with Gasteiger partial charge in [-0.15, -0.1) is 23.5 Å². The van der Waals surface area contributed by atoms with E-state index < -0.39 is 0 Å². The van der Waals surface area contributed by atoms with E-state index in [9.17, 15) is 0 Å². The number of benzene rings is 1. The molecular formula is C13H15BrN4S2. The van der Waals surface area contributed by atoms with Gasteiger partial charge in [-0.2, -0.15) is 4.98 Å². The van der Waals surface area contributed by atoms with Crippen LogP contribution >= 0.6 is 39.5 Å². The van der Waals surface area contributed by atoms with Crippen LogP contribution in [0.25, 0.3) is 0 Å². The van der Waals surface area contributed by atoms with Crippen molar-refractivity contribution in [2.75, 3.05) is 24.0 Å². The Morgan fingerprint density at radius 2 is 1.95 bits per heavy atom. The molecule has 7 heteroatoms. The Morgan fingerprint density at radius 1 is 1.20 bits per heavy atom. The van der Waals surface area contributed by atoms with Gasteiger partial charge >= 0.3 is 0 Å². The average Bonchev–Trinajstić information content (AvgIpc) is 2.41. The summed E-state index contributed by atoms with van der Waals surface area (Å²) in [4.78, 5) is 10.5. The number of halogens is 1. The molecule has 1 heterocycles. The zero-order valence-electron chi connectivity index (χ0n) is 11.2. The first-order valence-electron chi connectivity index (χ1n) is 5.82. The third-order valence-electron chi connectivity index (χ3n) is 2.80. The van der Waals surface area contributed by atoms with Gasteiger partial charge in [0.1, 0.15) is 5.82 Å². The summed E-state index contributed by atoms with van der Waals surface area (Å²) in [6, 6.07) is 4.29. The first-order valence-corrected chi connectivity index (χ1v) is 9.06. The Morgan fingerprint density at radius 3 is 2.55 bits per heavy atom. The molecule has 0 radical (unpaired) electrons. The maximum Gasteiger partial charge on any atom is 0.221 e. The number of hydrogen-bond acceptors (Lipinski definition) is 6. The summed E-state index contributed by atoms with van der Waals surface area (Å²) >= 11 is 7.09. The number of thioether (sulfide) groups is 2. The van der Waals surface area contributed by atoms with E-state index >= 15 is 0 Å². The molecule has 1 aromatic carbocycles. The highest BCUT2D eigenvalue weighted by atomic mass is 79.9. The maximum atomic E-state index is 5.88. The summed E-state index contributed by atoms with van der Waals surface area (Å²) in [5.74, 6) is 0.642. The molecule has 0 bridgehead atoms. The van der Waals surface area contributed by atoms with E-state index in [1.165, 1.54) is 15.4 Å². The minimum absolute atomic E-state index is 0.204. The van der Waals surface area contributed by atoms with Gasteiger partial charge in [-0.3, -0.25) is 0 Å². The monoisotopic (exact) mass is 370 g/mol. The first-order chi connectivity index (χ1) is 9.55. The molecule has 4 nitrogen and oxygen atoms in total. The summed E-state index contributed by atoms with van der Waals surface area (Å²) < 4.78 is 1.10. The van der Waals surface area contributed by atoms with Crippen molar-refractivity contribution in [3.8, 4) is 0 Å². The van der Waals surface area contributed by atoms with Crippen LogP contribution in [0.2, 0.25) is 0 Å². The Kier molecular flexibility index (Phi) is 5.17. The van der Waals surface area contributed by atoms with Crippen LogP contribution in [0.4, 0.5) is 11.8 Å². The van der Waals surface area contributed by atoms with Crippen LogP contribution in [-0.4, -0.2) is 22.5 Å². The fourth-order valence-electron chi connectivity index (χ4n) is 1.86. The second-order valence-electron chi connectivity index (χ2n) is 4.13. The van der Waals surface area contributed by atoms with Crippen LogP contribution in [0.3, 0.4) is 0 Å². The zero-order chi connectivity index (χ0) is 14.7. The van der Waals surface area contributed by atoms with Crippen LogP contribution < -0.4 is 11.5 Å². The molecule has 0 aliphatic heterocycles. The van der Waals surface area contributed by atoms with Crippen molar-refractivity contribution in [1.82, 2.24) is 9.97 Å². The highest BCUT2D eigenvalue weighted by molar-refractivity contribution is 9.10. The number of nitrogens with two attached hydrogens (primary N) is 2. The number of rotatable bonds is 4. The second-order valence-corrected chi connectivity index (χ2v) is 6.65. The quantitative estimate of drug-likeness (QED) is 0.802. The molecule has 0 amide bonds. The Hall–Kier alpha value is -0.920. The van der Waals surface area contributed by atoms with Gasteiger partial charge in [-0.1, -0.05) is 0 Å². The predicted octanol–water partition coefficient (Wildman–Crippen LogP) is 3.44. The van der Waals surface area contributed by atoms with E-state index in [1.807, 2.05) is 0 Å². The fourth-order valence-corrected chi connectivity index (χ4v) is 4.57. The molecule has 2 aromatic rings. The van der Waals surface area contributed by atoms with E-state index in [4.69, 9.17) is 11.5 Å². The number of aromatic nitrogens is 2. The summed E-state index contributed by atoms with van der Waals surface area (Å²) in [6.07, 6.45) is 6.52. The van der Waals surface area contributed by atoms with Crippen molar-refractivity contribution in [2.45, 2.75) is 16.2 Å². The molecule has 0 spiro atoms. The van der Waals surface area contributed by atoms with Crippen LogP contribution in [0.5, 0.6) is 0 Å². The van der Waals surface area contributed by atoms with Gasteiger partial charge in [0, 0.05) is 32.4 Å². The van der Waals surface area contributed by atoms with Gasteiger partial charge < -0.3 is 11.5 Å². The zero-order valence-corrected chi connectivity index (χ0v) is 14.4. The minimum Gasteiger partial charge on any atom is -0.383 e. The van der Waals surface area contributed by atoms with Gasteiger partial charge in [0.25, 0.3) is 0 Å². The number of nitrogens with zero attached hydrogens (tertiary/aromatic N) is 2. The lowest BCUT2D eigenvalue weighted by Crippen LogP contribution is -2.04. The van der Waals surface area contributed by atoms with Crippen molar-refractivity contribution in [2.24, 2.45) is 0 Å². The molecule has 0 saturated carbocycles. The molecule has 0 saturated heterocycles. The molecule has 4 N–H and O–H groups in total. The molecule has 0 aliphatic rings. The number of nitrogen functional groups attached to an aromatic ring is 2. The van der Waals surface area contributed by atoms with Crippen molar-refractivity contribution in [3.05, 3.63) is 33.9 Å². The summed E-state index contributed by atoms with van der Waals surface area (Å²) in [6.45, 7) is 0. The van der Waals surface area contributed by atoms with E-state index in [-0.39, 0.29) is 5.95 Å². The Labute approximate surface area is 135 Å². The standard InChI is InChI=1S/C13H15BrN4S2/c1-19-10-5-7(4-9(14)11(10)20-2)3-8-6-17-13(16)18-12(8)15/h4-6H,3H2,1-2H3,(H4,15,16,17,18). The van der Waals surface area contributed by atoms with Crippen molar-refractivity contribution in [1.29, 1.82) is 0 Å². The lowest BCUT2D eigenvalue weighted by molar-refractivity contribution is 1.07. The largest absolute Gasteiger partial charge is 0.383 e. The number of hydrogen-bond donors (Lipinski definition) is 2. The Balaban J connectivity index is 2.36. The van der Waals surface area contributed by atoms with E-state index in [0.29, 0.717) is 12.2 Å². The molecular weight excluding hydrogens is 356 g/mol. The Bertz CT molecular complexity index is 634. The molecule has 2 rings (SSSR count). The van der Waals surface area contributed by atoms with Gasteiger partial charge in [-0.05, 0) is 46.1 Å². The van der Waals surface area contributed by atoms with E-state index in [2.05, 4.69) is 50.5 Å². The van der Waals surface area contributed by atoms with E-state index in [0.717, 1.165) is 10.0 Å². The number of anilines is 2. The van der Waals surface area contributed by atoms with Gasteiger partial charge in [0.15, 0.2) is 0 Å². The molecule has 0 atom stereocenters. The summed E-state index contributed by atoms with van der Waals surface area (Å²) in [5, 5.41) is 0. The molecule has 0 unspecified atom stereocenters. The summed E-state index contributed by atoms with van der Waals surface area (Å²) in [7, 11) is 0. The van der Waals surface area contributed by atoms with Crippen LogP contribution in [0.15, 0.2) is 32.6 Å². The smallest absolute Gasteiger partial charge is 0.221 e. The van der Waals surface area contributed by atoms with Crippen LogP contribution in [0.1, 0.15) is 11.1 Å². The lowest BCUT2D eigenvalue weighted by atomic mass is 10.1. The molecule has 1 aromatic heterocycles. The van der Waals surface area contributed by atoms with Gasteiger partial charge in [0.2, 0.25) is 5.95 Å². The van der Waals surface area contributed by atoms with Crippen molar-refractivity contribution >= 4 is 51.2 Å². The predicted molar refractivity (Wildman–Crippen MR) is 91.4 cm³/mol. The van der Waals surface area contributed by atoms with Crippen LogP contribution in [0, 0.1) is 0 Å². The topological polar surface area (TPSA) is 77.8 Å². The molecule has 106 valence electrons. The third-order valence-corrected chi connectivity index (χ3v) is 5.43. The average molecular weight is 371 g/mol. The van der Waals surface area contributed by atoms with Crippen LogP contribution in [-0.2, 0) is 6.42 Å². The normalized spacial score (nSPS) is 10.8. The van der Waals surface area contributed by atoms with Crippen molar-refractivity contribution in [3.63, 3.8) is 0 Å². The molecule has 0 fully saturated rings. The highest BCUT2D eigenvalue weighted by Gasteiger charge is 2.10. The molecule has 0 aliphatic carbocycles. The third kappa shape index (κ3) is 3.39. The maximum absolute atomic E-state index is 5.88. The van der Waals surface area contributed by atoms with Gasteiger partial charge in [-0.25, -0.2) is 4.98 Å². The SMILES string of the molecule is CSc1cc(Cc2cnc(N)nc2N)cc(Br)c1SC.